The van der Waals surface area contributed by atoms with Gasteiger partial charge in [-0.15, -0.1) is 0 Å². The van der Waals surface area contributed by atoms with Crippen molar-refractivity contribution >= 4 is 17.5 Å². The van der Waals surface area contributed by atoms with E-state index in [0.29, 0.717) is 34.6 Å². The number of pyridine rings is 1. The molecule has 1 unspecified atom stereocenters. The van der Waals surface area contributed by atoms with Crippen LogP contribution in [0.5, 0.6) is 11.6 Å². The molecule has 1 aliphatic rings. The van der Waals surface area contributed by atoms with Crippen LogP contribution in [0.25, 0.3) is 11.3 Å². The molecular weight excluding hydrogens is 570 g/mol. The number of alkyl halides is 6. The van der Waals surface area contributed by atoms with E-state index in [0.717, 1.165) is 19.0 Å². The van der Waals surface area contributed by atoms with Crippen molar-refractivity contribution in [2.45, 2.75) is 38.0 Å². The van der Waals surface area contributed by atoms with Gasteiger partial charge in [-0.05, 0) is 49.1 Å². The minimum atomic E-state index is -5.28. The molecule has 1 aliphatic carbocycles. The van der Waals surface area contributed by atoms with Crippen molar-refractivity contribution in [2.75, 3.05) is 13.2 Å². The highest BCUT2D eigenvalue weighted by atomic mass is 35.5. The number of halogens is 7. The van der Waals surface area contributed by atoms with Crippen molar-refractivity contribution in [1.29, 1.82) is 0 Å². The van der Waals surface area contributed by atoms with E-state index in [1.807, 2.05) is 0 Å². The summed E-state index contributed by atoms with van der Waals surface area (Å²) >= 11 is 6.32. The first-order valence-electron chi connectivity index (χ1n) is 11.8. The van der Waals surface area contributed by atoms with Gasteiger partial charge in [0, 0.05) is 23.9 Å². The molecule has 0 spiro atoms. The van der Waals surface area contributed by atoms with E-state index in [2.05, 4.69) is 30.0 Å². The van der Waals surface area contributed by atoms with Gasteiger partial charge >= 0.3 is 12.4 Å². The van der Waals surface area contributed by atoms with Gasteiger partial charge in [0.15, 0.2) is 0 Å². The van der Waals surface area contributed by atoms with E-state index in [9.17, 15) is 31.1 Å². The fourth-order valence-corrected chi connectivity index (χ4v) is 3.55. The number of rotatable bonds is 11. The molecule has 1 atom stereocenters. The second-order valence-corrected chi connectivity index (χ2v) is 9.20. The summed E-state index contributed by atoms with van der Waals surface area (Å²) < 4.78 is 91.0. The number of aromatic nitrogens is 3. The third-order valence-corrected chi connectivity index (χ3v) is 5.78. The number of hydrogen-bond acceptors (Lipinski definition) is 7. The summed E-state index contributed by atoms with van der Waals surface area (Å²) in [5.74, 6) is -0.272. The Labute approximate surface area is 228 Å². The number of ether oxygens (including phenoxy) is 3. The first-order chi connectivity index (χ1) is 18.9. The second kappa shape index (κ2) is 12.3. The van der Waals surface area contributed by atoms with Crippen molar-refractivity contribution < 1.29 is 45.3 Å². The molecule has 40 heavy (non-hydrogen) atoms. The largest absolute Gasteiger partial charge is 0.492 e. The Kier molecular flexibility index (Phi) is 8.98. The minimum absolute atomic E-state index is 0.0449. The van der Waals surface area contributed by atoms with Gasteiger partial charge in [0.05, 0.1) is 29.1 Å². The van der Waals surface area contributed by atoms with E-state index < -0.39 is 37.0 Å². The number of nitrogens with one attached hydrogen (secondary N) is 1. The summed E-state index contributed by atoms with van der Waals surface area (Å²) in [5, 5.41) is 10.7. The van der Waals surface area contributed by atoms with Crippen LogP contribution < -0.4 is 14.8 Å². The Hall–Kier alpha value is -3.65. The van der Waals surface area contributed by atoms with E-state index in [1.165, 1.54) is 24.4 Å². The molecule has 8 nitrogen and oxygen atoms in total. The molecule has 2 aromatic heterocycles. The van der Waals surface area contributed by atoms with Gasteiger partial charge in [-0.25, -0.2) is 4.98 Å². The summed E-state index contributed by atoms with van der Waals surface area (Å²) in [6.45, 7) is -1.98. The molecule has 0 bridgehead atoms. The van der Waals surface area contributed by atoms with Crippen LogP contribution in [0.4, 0.5) is 26.3 Å². The van der Waals surface area contributed by atoms with Gasteiger partial charge in [-0.3, -0.25) is 4.79 Å². The van der Waals surface area contributed by atoms with E-state index >= 15 is 0 Å². The van der Waals surface area contributed by atoms with Crippen molar-refractivity contribution in [2.24, 2.45) is 5.92 Å². The molecule has 1 N–H and O–H groups in total. The summed E-state index contributed by atoms with van der Waals surface area (Å²) in [7, 11) is 0. The molecule has 2 heterocycles. The molecular formula is C25H21ClF6N4O4. The van der Waals surface area contributed by atoms with Crippen LogP contribution in [0.1, 0.15) is 28.8 Å². The SMILES string of the molecule is O=C(NCc1cccnc1OC(OCC(F)(F)F)C(F)(F)F)c1cnnc(-c2ccc(OCC3CC3)c(Cl)c2)c1. The van der Waals surface area contributed by atoms with Crippen LogP contribution in [-0.4, -0.2) is 52.9 Å². The lowest BCUT2D eigenvalue weighted by Crippen LogP contribution is -2.40. The van der Waals surface area contributed by atoms with Crippen LogP contribution in [0.3, 0.4) is 0 Å². The normalized spacial score (nSPS) is 14.5. The predicted octanol–water partition coefficient (Wildman–Crippen LogP) is 5.76. The van der Waals surface area contributed by atoms with Crippen LogP contribution in [-0.2, 0) is 11.3 Å². The van der Waals surface area contributed by atoms with Crippen molar-refractivity contribution in [3.8, 4) is 22.9 Å². The molecule has 0 radical (unpaired) electrons. The zero-order chi connectivity index (χ0) is 28.9. The van der Waals surface area contributed by atoms with Crippen LogP contribution in [0.2, 0.25) is 5.02 Å². The fourth-order valence-electron chi connectivity index (χ4n) is 3.31. The molecule has 1 saturated carbocycles. The van der Waals surface area contributed by atoms with E-state index in [-0.39, 0.29) is 17.7 Å². The Morgan fingerprint density at radius 3 is 2.58 bits per heavy atom. The average molecular weight is 591 g/mol. The number of carbonyl (C=O) groups is 1. The molecule has 3 aromatic rings. The molecule has 1 amide bonds. The standard InChI is InChI=1S/C25H21ClF6N4O4/c26-18-8-15(5-6-20(18)38-12-14-3-4-14)19-9-17(11-35-36-19)21(37)34-10-16-2-1-7-33-22(16)40-23(25(30,31)32)39-13-24(27,28)29/h1-2,5-9,11,14,23H,3-4,10,12-13H2,(H,34,37). The Morgan fingerprint density at radius 1 is 1.12 bits per heavy atom. The molecule has 0 aliphatic heterocycles. The minimum Gasteiger partial charge on any atom is -0.492 e. The van der Waals surface area contributed by atoms with Crippen LogP contribution in [0, 0.1) is 5.92 Å². The Morgan fingerprint density at radius 2 is 1.90 bits per heavy atom. The average Bonchev–Trinajstić information content (AvgIpc) is 3.73. The van der Waals surface area contributed by atoms with Crippen LogP contribution in [0.15, 0.2) is 48.8 Å². The van der Waals surface area contributed by atoms with E-state index in [4.69, 9.17) is 16.3 Å². The van der Waals surface area contributed by atoms with Gasteiger partial charge in [0.25, 0.3) is 12.2 Å². The first-order valence-corrected chi connectivity index (χ1v) is 12.2. The second-order valence-electron chi connectivity index (χ2n) is 8.80. The number of benzene rings is 1. The van der Waals surface area contributed by atoms with Gasteiger partial charge in [-0.1, -0.05) is 17.7 Å². The summed E-state index contributed by atoms with van der Waals surface area (Å²) in [5.41, 5.74) is 0.911. The van der Waals surface area contributed by atoms with Crippen molar-refractivity contribution in [3.05, 3.63) is 64.9 Å². The maximum atomic E-state index is 13.2. The van der Waals surface area contributed by atoms with Gasteiger partial charge in [-0.2, -0.15) is 36.5 Å². The highest BCUT2D eigenvalue weighted by Gasteiger charge is 2.46. The molecule has 1 fully saturated rings. The molecule has 214 valence electrons. The highest BCUT2D eigenvalue weighted by Crippen LogP contribution is 2.34. The fraction of sp³-hybridized carbons (Fsp3) is 0.360. The smallest absolute Gasteiger partial charge is 0.452 e. The Bertz CT molecular complexity index is 1340. The van der Waals surface area contributed by atoms with Crippen molar-refractivity contribution in [1.82, 2.24) is 20.5 Å². The molecule has 1 aromatic carbocycles. The number of hydrogen-bond donors (Lipinski definition) is 1. The summed E-state index contributed by atoms with van der Waals surface area (Å²) in [4.78, 5) is 16.4. The lowest BCUT2D eigenvalue weighted by Gasteiger charge is -2.23. The maximum Gasteiger partial charge on any atom is 0.452 e. The lowest BCUT2D eigenvalue weighted by molar-refractivity contribution is -0.306. The summed E-state index contributed by atoms with van der Waals surface area (Å²) in [6.07, 6.45) is -9.03. The number of nitrogens with zero attached hydrogens (tertiary/aromatic N) is 3. The quantitative estimate of drug-likeness (QED) is 0.224. The topological polar surface area (TPSA) is 95.5 Å². The summed E-state index contributed by atoms with van der Waals surface area (Å²) in [6, 6.07) is 9.07. The van der Waals surface area contributed by atoms with Crippen molar-refractivity contribution in [3.63, 3.8) is 0 Å². The van der Waals surface area contributed by atoms with Crippen LogP contribution >= 0.6 is 11.6 Å². The maximum absolute atomic E-state index is 13.2. The molecule has 0 saturated heterocycles. The lowest BCUT2D eigenvalue weighted by atomic mass is 10.1. The zero-order valence-corrected chi connectivity index (χ0v) is 21.2. The highest BCUT2D eigenvalue weighted by molar-refractivity contribution is 6.32. The third-order valence-electron chi connectivity index (χ3n) is 5.49. The molecule has 4 rings (SSSR count). The number of carbonyl (C=O) groups excluding carboxylic acids is 1. The van der Waals surface area contributed by atoms with Gasteiger partial charge < -0.3 is 19.5 Å². The Balaban J connectivity index is 1.42. The monoisotopic (exact) mass is 590 g/mol. The molecule has 15 heteroatoms. The van der Waals surface area contributed by atoms with E-state index in [1.54, 1.807) is 18.2 Å². The first kappa shape index (κ1) is 29.3. The zero-order valence-electron chi connectivity index (χ0n) is 20.4. The third kappa shape index (κ3) is 8.42. The predicted molar refractivity (Wildman–Crippen MR) is 129 cm³/mol. The number of amides is 1. The van der Waals surface area contributed by atoms with Gasteiger partial charge in [0.2, 0.25) is 5.88 Å². The van der Waals surface area contributed by atoms with Gasteiger partial charge in [0.1, 0.15) is 12.4 Å².